The van der Waals surface area contributed by atoms with Gasteiger partial charge in [-0.15, -0.1) is 0 Å². The number of benzene rings is 2. The van der Waals surface area contributed by atoms with Crippen molar-refractivity contribution in [2.45, 2.75) is 31.7 Å². The summed E-state index contributed by atoms with van der Waals surface area (Å²) >= 11 is 0. The Kier molecular flexibility index (Phi) is 5.54. The SMILES string of the molecule is COc1ccc(CCCN2CC(N)[C@H](c3ccc(C)cc3)C2)cc1. The van der Waals surface area contributed by atoms with Gasteiger partial charge in [0.1, 0.15) is 5.75 Å². The molecule has 3 rings (SSSR count). The monoisotopic (exact) mass is 324 g/mol. The minimum absolute atomic E-state index is 0.244. The van der Waals surface area contributed by atoms with Crippen LogP contribution in [0.15, 0.2) is 48.5 Å². The van der Waals surface area contributed by atoms with E-state index in [-0.39, 0.29) is 6.04 Å². The van der Waals surface area contributed by atoms with Crippen LogP contribution in [0.5, 0.6) is 5.75 Å². The van der Waals surface area contributed by atoms with E-state index >= 15 is 0 Å². The normalized spacial score (nSPS) is 21.1. The third-order valence-corrected chi connectivity index (χ3v) is 5.05. The zero-order valence-electron chi connectivity index (χ0n) is 14.7. The quantitative estimate of drug-likeness (QED) is 0.885. The van der Waals surface area contributed by atoms with Crippen molar-refractivity contribution in [3.05, 3.63) is 65.2 Å². The number of methoxy groups -OCH3 is 1. The minimum Gasteiger partial charge on any atom is -0.497 e. The first-order chi connectivity index (χ1) is 11.7. The van der Waals surface area contributed by atoms with E-state index < -0.39 is 0 Å². The molecule has 1 heterocycles. The van der Waals surface area contributed by atoms with Gasteiger partial charge in [0.15, 0.2) is 0 Å². The molecule has 2 N–H and O–H groups in total. The topological polar surface area (TPSA) is 38.5 Å². The molecule has 2 atom stereocenters. The van der Waals surface area contributed by atoms with Crippen LogP contribution in [-0.4, -0.2) is 37.7 Å². The lowest BCUT2D eigenvalue weighted by molar-refractivity contribution is 0.326. The Morgan fingerprint density at radius 1 is 1.04 bits per heavy atom. The van der Waals surface area contributed by atoms with Gasteiger partial charge in [-0.05, 0) is 49.6 Å². The number of nitrogens with zero attached hydrogens (tertiary/aromatic N) is 1. The molecule has 0 spiro atoms. The van der Waals surface area contributed by atoms with E-state index in [1.54, 1.807) is 7.11 Å². The molecule has 24 heavy (non-hydrogen) atoms. The van der Waals surface area contributed by atoms with Gasteiger partial charge in [0, 0.05) is 25.0 Å². The number of aryl methyl sites for hydroxylation is 2. The Bertz CT molecular complexity index is 636. The molecule has 1 saturated heterocycles. The van der Waals surface area contributed by atoms with Crippen LogP contribution in [-0.2, 0) is 6.42 Å². The molecule has 1 unspecified atom stereocenters. The zero-order valence-corrected chi connectivity index (χ0v) is 14.7. The summed E-state index contributed by atoms with van der Waals surface area (Å²) in [6.07, 6.45) is 2.27. The van der Waals surface area contributed by atoms with Gasteiger partial charge in [-0.3, -0.25) is 0 Å². The fourth-order valence-corrected chi connectivity index (χ4v) is 3.56. The lowest BCUT2D eigenvalue weighted by Crippen LogP contribution is -2.29. The summed E-state index contributed by atoms with van der Waals surface area (Å²) in [5.41, 5.74) is 10.5. The Morgan fingerprint density at radius 2 is 1.75 bits per heavy atom. The first-order valence-electron chi connectivity index (χ1n) is 8.83. The van der Waals surface area contributed by atoms with Crippen molar-refractivity contribution in [3.63, 3.8) is 0 Å². The lowest BCUT2D eigenvalue weighted by Gasteiger charge is -2.16. The van der Waals surface area contributed by atoms with E-state index in [0.29, 0.717) is 5.92 Å². The maximum Gasteiger partial charge on any atom is 0.118 e. The first-order valence-corrected chi connectivity index (χ1v) is 8.83. The van der Waals surface area contributed by atoms with Crippen LogP contribution in [0, 0.1) is 6.92 Å². The Balaban J connectivity index is 1.49. The largest absolute Gasteiger partial charge is 0.497 e. The van der Waals surface area contributed by atoms with Gasteiger partial charge < -0.3 is 15.4 Å². The molecule has 0 radical (unpaired) electrons. The smallest absolute Gasteiger partial charge is 0.118 e. The summed E-state index contributed by atoms with van der Waals surface area (Å²) in [7, 11) is 1.70. The van der Waals surface area contributed by atoms with Crippen LogP contribution in [0.1, 0.15) is 29.0 Å². The van der Waals surface area contributed by atoms with Gasteiger partial charge in [0.25, 0.3) is 0 Å². The Labute approximate surface area is 145 Å². The van der Waals surface area contributed by atoms with Crippen LogP contribution in [0.4, 0.5) is 0 Å². The first kappa shape index (κ1) is 17.0. The van der Waals surface area contributed by atoms with Crippen molar-refractivity contribution in [2.24, 2.45) is 5.73 Å². The van der Waals surface area contributed by atoms with Crippen LogP contribution >= 0.6 is 0 Å². The molecule has 1 aliphatic rings. The predicted molar refractivity (Wildman–Crippen MR) is 99.7 cm³/mol. The number of hydrogen-bond donors (Lipinski definition) is 1. The van der Waals surface area contributed by atoms with Gasteiger partial charge in [-0.2, -0.15) is 0 Å². The number of rotatable bonds is 6. The summed E-state index contributed by atoms with van der Waals surface area (Å²) in [6.45, 7) is 5.32. The highest BCUT2D eigenvalue weighted by Crippen LogP contribution is 2.27. The zero-order chi connectivity index (χ0) is 16.9. The van der Waals surface area contributed by atoms with Crippen molar-refractivity contribution in [1.29, 1.82) is 0 Å². The molecule has 128 valence electrons. The molecule has 2 aromatic rings. The molecule has 3 nitrogen and oxygen atoms in total. The Morgan fingerprint density at radius 3 is 2.42 bits per heavy atom. The fraction of sp³-hybridized carbons (Fsp3) is 0.429. The average Bonchev–Trinajstić information content (AvgIpc) is 2.97. The second kappa shape index (κ2) is 7.82. The molecule has 0 aliphatic carbocycles. The van der Waals surface area contributed by atoms with Crippen molar-refractivity contribution >= 4 is 0 Å². The van der Waals surface area contributed by atoms with Crippen molar-refractivity contribution < 1.29 is 4.74 Å². The summed E-state index contributed by atoms with van der Waals surface area (Å²) in [6, 6.07) is 17.5. The van der Waals surface area contributed by atoms with Gasteiger partial charge in [-0.25, -0.2) is 0 Å². The Hall–Kier alpha value is -1.84. The van der Waals surface area contributed by atoms with Crippen LogP contribution < -0.4 is 10.5 Å². The third kappa shape index (κ3) is 4.16. The number of nitrogens with two attached hydrogens (primary N) is 1. The standard InChI is InChI=1S/C21H28N2O/c1-16-5-9-18(10-6-16)20-14-23(15-21(20)22)13-3-4-17-7-11-19(24-2)12-8-17/h5-12,20-21H,3-4,13-15,22H2,1-2H3/t20-,21?/m0/s1. The number of hydrogen-bond acceptors (Lipinski definition) is 3. The van der Waals surface area contributed by atoms with E-state index in [4.69, 9.17) is 10.5 Å². The van der Waals surface area contributed by atoms with Gasteiger partial charge in [0.05, 0.1) is 7.11 Å². The summed E-state index contributed by atoms with van der Waals surface area (Å²) in [4.78, 5) is 2.51. The highest BCUT2D eigenvalue weighted by molar-refractivity contribution is 5.28. The van der Waals surface area contributed by atoms with Crippen LogP contribution in [0.2, 0.25) is 0 Å². The molecule has 0 bridgehead atoms. The van der Waals surface area contributed by atoms with Gasteiger partial charge in [0.2, 0.25) is 0 Å². The maximum absolute atomic E-state index is 6.40. The number of likely N-dealkylation sites (tertiary alicyclic amines) is 1. The minimum atomic E-state index is 0.244. The average molecular weight is 324 g/mol. The fourth-order valence-electron chi connectivity index (χ4n) is 3.56. The molecular formula is C21H28N2O. The summed E-state index contributed by atoms with van der Waals surface area (Å²) in [5.74, 6) is 1.39. The summed E-state index contributed by atoms with van der Waals surface area (Å²) < 4.78 is 5.21. The van der Waals surface area contributed by atoms with E-state index in [1.165, 1.54) is 23.1 Å². The van der Waals surface area contributed by atoms with Crippen LogP contribution in [0.3, 0.4) is 0 Å². The number of ether oxygens (including phenoxy) is 1. The molecule has 1 aliphatic heterocycles. The second-order valence-corrected chi connectivity index (χ2v) is 6.89. The van der Waals surface area contributed by atoms with Gasteiger partial charge in [-0.1, -0.05) is 42.0 Å². The maximum atomic E-state index is 6.40. The molecule has 2 aromatic carbocycles. The lowest BCUT2D eigenvalue weighted by atomic mass is 9.94. The van der Waals surface area contributed by atoms with E-state index in [0.717, 1.165) is 31.8 Å². The van der Waals surface area contributed by atoms with Crippen LogP contribution in [0.25, 0.3) is 0 Å². The highest BCUT2D eigenvalue weighted by Gasteiger charge is 2.30. The predicted octanol–water partition coefficient (Wildman–Crippen LogP) is 3.36. The van der Waals surface area contributed by atoms with E-state index in [1.807, 2.05) is 12.1 Å². The van der Waals surface area contributed by atoms with E-state index in [9.17, 15) is 0 Å². The van der Waals surface area contributed by atoms with Gasteiger partial charge >= 0.3 is 0 Å². The molecule has 0 aromatic heterocycles. The van der Waals surface area contributed by atoms with Crippen molar-refractivity contribution in [3.8, 4) is 5.75 Å². The molecule has 3 heteroatoms. The van der Waals surface area contributed by atoms with E-state index in [2.05, 4.69) is 48.2 Å². The molecular weight excluding hydrogens is 296 g/mol. The molecule has 0 amide bonds. The highest BCUT2D eigenvalue weighted by atomic mass is 16.5. The molecule has 0 saturated carbocycles. The third-order valence-electron chi connectivity index (χ3n) is 5.05. The summed E-state index contributed by atoms with van der Waals surface area (Å²) in [5, 5.41) is 0. The molecule has 1 fully saturated rings. The van der Waals surface area contributed by atoms with Crippen molar-refractivity contribution in [2.75, 3.05) is 26.7 Å². The second-order valence-electron chi connectivity index (χ2n) is 6.89. The van der Waals surface area contributed by atoms with Crippen molar-refractivity contribution in [1.82, 2.24) is 4.90 Å².